The molecule has 0 saturated carbocycles. The average Bonchev–Trinajstić information content (AvgIpc) is 2.53. The molecule has 0 aliphatic heterocycles. The second kappa shape index (κ2) is 7.76. The molecule has 112 valence electrons. The predicted molar refractivity (Wildman–Crippen MR) is 80.9 cm³/mol. The van der Waals surface area contributed by atoms with Crippen LogP contribution in [0.5, 0.6) is 5.75 Å². The molecule has 0 radical (unpaired) electrons. The number of halogens is 1. The lowest BCUT2D eigenvalue weighted by Gasteiger charge is -2.12. The smallest absolute Gasteiger partial charge is 0.123 e. The minimum Gasteiger partial charge on any atom is -0.497 e. The van der Waals surface area contributed by atoms with Crippen LogP contribution in [0, 0.1) is 5.82 Å². The zero-order chi connectivity index (χ0) is 15.1. The molecule has 0 aromatic heterocycles. The minimum atomic E-state index is -0.552. The van der Waals surface area contributed by atoms with E-state index in [9.17, 15) is 9.50 Å². The van der Waals surface area contributed by atoms with E-state index in [-0.39, 0.29) is 5.82 Å². The molecule has 0 bridgehead atoms. The van der Waals surface area contributed by atoms with Crippen molar-refractivity contribution in [2.75, 3.05) is 20.2 Å². The summed E-state index contributed by atoms with van der Waals surface area (Å²) < 4.78 is 17.8. The summed E-state index contributed by atoms with van der Waals surface area (Å²) in [5.41, 5.74) is 1.92. The van der Waals surface area contributed by atoms with Crippen molar-refractivity contribution < 1.29 is 14.2 Å². The van der Waals surface area contributed by atoms with Crippen molar-refractivity contribution >= 4 is 0 Å². The van der Waals surface area contributed by atoms with Crippen molar-refractivity contribution in [2.24, 2.45) is 0 Å². The third-order valence-electron chi connectivity index (χ3n) is 3.34. The summed E-state index contributed by atoms with van der Waals surface area (Å²) >= 11 is 0. The Morgan fingerprint density at radius 2 is 1.76 bits per heavy atom. The number of aliphatic hydroxyl groups is 1. The summed E-state index contributed by atoms with van der Waals surface area (Å²) in [4.78, 5) is 0. The lowest BCUT2D eigenvalue weighted by atomic mass is 10.1. The summed E-state index contributed by atoms with van der Waals surface area (Å²) in [5.74, 6) is 0.553. The van der Waals surface area contributed by atoms with Crippen LogP contribution in [-0.4, -0.2) is 25.3 Å². The van der Waals surface area contributed by atoms with Crippen molar-refractivity contribution in [1.82, 2.24) is 5.32 Å². The SMILES string of the molecule is COc1ccc(C(O)CNCCc2ccc(F)cc2)cc1. The number of methoxy groups -OCH3 is 1. The Morgan fingerprint density at radius 1 is 1.10 bits per heavy atom. The van der Waals surface area contributed by atoms with Gasteiger partial charge in [0.2, 0.25) is 0 Å². The van der Waals surface area contributed by atoms with Crippen molar-refractivity contribution in [3.8, 4) is 5.75 Å². The number of rotatable bonds is 7. The highest BCUT2D eigenvalue weighted by molar-refractivity contribution is 5.28. The van der Waals surface area contributed by atoms with Gasteiger partial charge in [0, 0.05) is 6.54 Å². The molecular weight excluding hydrogens is 269 g/mol. The fourth-order valence-electron chi connectivity index (χ4n) is 2.07. The zero-order valence-corrected chi connectivity index (χ0v) is 12.1. The molecule has 0 saturated heterocycles. The molecule has 1 atom stereocenters. The minimum absolute atomic E-state index is 0.221. The van der Waals surface area contributed by atoms with E-state index >= 15 is 0 Å². The molecule has 2 aromatic carbocycles. The highest BCUT2D eigenvalue weighted by Gasteiger charge is 2.06. The molecule has 0 spiro atoms. The molecule has 21 heavy (non-hydrogen) atoms. The Hall–Kier alpha value is -1.91. The normalized spacial score (nSPS) is 12.1. The third kappa shape index (κ3) is 4.85. The van der Waals surface area contributed by atoms with Crippen LogP contribution >= 0.6 is 0 Å². The van der Waals surface area contributed by atoms with E-state index in [0.29, 0.717) is 6.54 Å². The quantitative estimate of drug-likeness (QED) is 0.770. The van der Waals surface area contributed by atoms with Crippen molar-refractivity contribution in [3.63, 3.8) is 0 Å². The number of hydrogen-bond acceptors (Lipinski definition) is 3. The van der Waals surface area contributed by atoms with Gasteiger partial charge in [-0.15, -0.1) is 0 Å². The first kappa shape index (κ1) is 15.5. The highest BCUT2D eigenvalue weighted by atomic mass is 19.1. The lowest BCUT2D eigenvalue weighted by molar-refractivity contribution is 0.175. The van der Waals surface area contributed by atoms with Gasteiger partial charge in [0.15, 0.2) is 0 Å². The van der Waals surface area contributed by atoms with Crippen molar-refractivity contribution in [1.29, 1.82) is 0 Å². The first-order valence-corrected chi connectivity index (χ1v) is 6.96. The van der Waals surface area contributed by atoms with Gasteiger partial charge >= 0.3 is 0 Å². The van der Waals surface area contributed by atoms with Gasteiger partial charge in [-0.1, -0.05) is 24.3 Å². The zero-order valence-electron chi connectivity index (χ0n) is 12.1. The van der Waals surface area contributed by atoms with Gasteiger partial charge in [0.05, 0.1) is 13.2 Å². The average molecular weight is 289 g/mol. The second-order valence-corrected chi connectivity index (χ2v) is 4.87. The Labute approximate surface area is 124 Å². The van der Waals surface area contributed by atoms with Crippen LogP contribution in [0.15, 0.2) is 48.5 Å². The van der Waals surface area contributed by atoms with Crippen LogP contribution in [0.1, 0.15) is 17.2 Å². The monoisotopic (exact) mass is 289 g/mol. The van der Waals surface area contributed by atoms with Crippen molar-refractivity contribution in [3.05, 3.63) is 65.5 Å². The number of nitrogens with one attached hydrogen (secondary N) is 1. The molecule has 0 heterocycles. The summed E-state index contributed by atoms with van der Waals surface area (Å²) in [6.07, 6.45) is 0.249. The molecule has 0 fully saturated rings. The van der Waals surface area contributed by atoms with Gasteiger partial charge < -0.3 is 15.2 Å². The maximum absolute atomic E-state index is 12.8. The van der Waals surface area contributed by atoms with Gasteiger partial charge in [0.25, 0.3) is 0 Å². The maximum atomic E-state index is 12.8. The Balaban J connectivity index is 1.73. The first-order chi connectivity index (χ1) is 10.2. The molecule has 0 aliphatic rings. The molecule has 2 aromatic rings. The lowest BCUT2D eigenvalue weighted by Crippen LogP contribution is -2.23. The Kier molecular flexibility index (Phi) is 5.72. The van der Waals surface area contributed by atoms with Crippen LogP contribution < -0.4 is 10.1 Å². The van der Waals surface area contributed by atoms with Gasteiger partial charge in [-0.3, -0.25) is 0 Å². The molecule has 2 N–H and O–H groups in total. The molecule has 3 nitrogen and oxygen atoms in total. The Morgan fingerprint density at radius 3 is 2.38 bits per heavy atom. The van der Waals surface area contributed by atoms with E-state index in [2.05, 4.69) is 5.32 Å². The van der Waals surface area contributed by atoms with Crippen LogP contribution in [0.25, 0.3) is 0 Å². The van der Waals surface area contributed by atoms with E-state index in [4.69, 9.17) is 4.74 Å². The second-order valence-electron chi connectivity index (χ2n) is 4.87. The number of hydrogen-bond donors (Lipinski definition) is 2. The van der Waals surface area contributed by atoms with Gasteiger partial charge in [-0.25, -0.2) is 4.39 Å². The first-order valence-electron chi connectivity index (χ1n) is 6.96. The van der Waals surface area contributed by atoms with Crippen LogP contribution in [0.2, 0.25) is 0 Å². The molecule has 0 aliphatic carbocycles. The molecule has 2 rings (SSSR count). The standard InChI is InChI=1S/C17H20FNO2/c1-21-16-8-4-14(5-9-16)17(20)12-19-11-10-13-2-6-15(18)7-3-13/h2-9,17,19-20H,10-12H2,1H3. The van der Waals surface area contributed by atoms with Gasteiger partial charge in [-0.2, -0.15) is 0 Å². The van der Waals surface area contributed by atoms with Gasteiger partial charge in [-0.05, 0) is 48.4 Å². The van der Waals surface area contributed by atoms with Crippen LogP contribution in [0.3, 0.4) is 0 Å². The highest BCUT2D eigenvalue weighted by Crippen LogP contribution is 2.16. The largest absolute Gasteiger partial charge is 0.497 e. The fraction of sp³-hybridized carbons (Fsp3) is 0.294. The van der Waals surface area contributed by atoms with E-state index < -0.39 is 6.10 Å². The molecule has 0 amide bonds. The Bertz CT molecular complexity index is 540. The number of ether oxygens (including phenoxy) is 1. The number of benzene rings is 2. The van der Waals surface area contributed by atoms with Crippen LogP contribution in [-0.2, 0) is 6.42 Å². The van der Waals surface area contributed by atoms with E-state index in [1.54, 1.807) is 19.2 Å². The topological polar surface area (TPSA) is 41.5 Å². The molecule has 1 unspecified atom stereocenters. The summed E-state index contributed by atoms with van der Waals surface area (Å²) in [6.45, 7) is 1.21. The summed E-state index contributed by atoms with van der Waals surface area (Å²) in [7, 11) is 1.61. The number of aliphatic hydroxyl groups excluding tert-OH is 1. The third-order valence-corrected chi connectivity index (χ3v) is 3.34. The van der Waals surface area contributed by atoms with Gasteiger partial charge in [0.1, 0.15) is 11.6 Å². The van der Waals surface area contributed by atoms with Crippen LogP contribution in [0.4, 0.5) is 4.39 Å². The fourth-order valence-corrected chi connectivity index (χ4v) is 2.07. The van der Waals surface area contributed by atoms with E-state index in [0.717, 1.165) is 29.8 Å². The summed E-state index contributed by atoms with van der Waals surface area (Å²) in [5, 5.41) is 13.3. The van der Waals surface area contributed by atoms with E-state index in [1.165, 1.54) is 12.1 Å². The van der Waals surface area contributed by atoms with Crippen molar-refractivity contribution in [2.45, 2.75) is 12.5 Å². The summed E-state index contributed by atoms with van der Waals surface area (Å²) in [6, 6.07) is 13.8. The van der Waals surface area contributed by atoms with E-state index in [1.807, 2.05) is 24.3 Å². The maximum Gasteiger partial charge on any atom is 0.123 e. The molecular formula is C17H20FNO2. The predicted octanol–water partition coefficient (Wildman–Crippen LogP) is 2.70. The molecule has 4 heteroatoms.